The highest BCUT2D eigenvalue weighted by molar-refractivity contribution is 8.00. The first kappa shape index (κ1) is 16.2. The van der Waals surface area contributed by atoms with E-state index in [0.29, 0.717) is 0 Å². The Labute approximate surface area is 140 Å². The van der Waals surface area contributed by atoms with Crippen molar-refractivity contribution in [3.05, 3.63) is 95.0 Å². The molecule has 0 nitrogen and oxygen atoms in total. The first-order chi connectivity index (χ1) is 10.2. The van der Waals surface area contributed by atoms with Crippen molar-refractivity contribution in [1.29, 1.82) is 0 Å². The Kier molecular flexibility index (Phi) is 5.98. The zero-order valence-corrected chi connectivity index (χ0v) is 13.8. The average Bonchev–Trinajstić information content (AvgIpc) is 2.51. The molecule has 2 atom stereocenters. The lowest BCUT2D eigenvalue weighted by Crippen LogP contribution is -1.97. The molecule has 0 unspecified atom stereocenters. The normalized spacial score (nSPS) is 13.4. The first-order valence-electron chi connectivity index (χ1n) is 6.56. The van der Waals surface area contributed by atoms with Crippen molar-refractivity contribution >= 4 is 35.0 Å². The Morgan fingerprint density at radius 3 is 1.48 bits per heavy atom. The molecule has 0 aliphatic carbocycles. The Balaban J connectivity index is 2.29. The van der Waals surface area contributed by atoms with Gasteiger partial charge in [-0.25, -0.2) is 0 Å². The molecule has 0 spiro atoms. The van der Waals surface area contributed by atoms with Gasteiger partial charge in [0.15, 0.2) is 0 Å². The molecular formula is C18H16Cl2S. The van der Waals surface area contributed by atoms with Gasteiger partial charge >= 0.3 is 0 Å². The maximum Gasteiger partial charge on any atom is 0.0498 e. The van der Waals surface area contributed by atoms with E-state index in [1.165, 1.54) is 0 Å². The predicted molar refractivity (Wildman–Crippen MR) is 96.4 cm³/mol. The molecule has 108 valence electrons. The second-order valence-corrected chi connectivity index (χ2v) is 6.59. The molecule has 0 saturated carbocycles. The van der Waals surface area contributed by atoms with Gasteiger partial charge in [-0.15, -0.1) is 24.9 Å². The molecule has 0 amide bonds. The molecule has 0 N–H and O–H groups in total. The molecule has 0 heterocycles. The molecule has 2 aromatic rings. The standard InChI is InChI=1S/C18H16Cl2S/c1-3-17(13-9-5-7-11-15(13)19)21-18(4-2)14-10-6-8-12-16(14)20/h3-12,17-18H,1-2H2/t17-,18+. The van der Waals surface area contributed by atoms with Crippen LogP contribution in [0.25, 0.3) is 0 Å². The van der Waals surface area contributed by atoms with Gasteiger partial charge in [-0.3, -0.25) is 0 Å². The lowest BCUT2D eigenvalue weighted by Gasteiger charge is -2.21. The number of hydrogen-bond donors (Lipinski definition) is 0. The lowest BCUT2D eigenvalue weighted by molar-refractivity contribution is 1.17. The number of hydrogen-bond acceptors (Lipinski definition) is 1. The largest absolute Gasteiger partial charge is 0.137 e. The topological polar surface area (TPSA) is 0 Å². The van der Waals surface area contributed by atoms with Gasteiger partial charge in [0.05, 0.1) is 0 Å². The Morgan fingerprint density at radius 1 is 0.762 bits per heavy atom. The van der Waals surface area contributed by atoms with Gasteiger partial charge in [-0.1, -0.05) is 71.8 Å². The molecule has 2 aromatic carbocycles. The summed E-state index contributed by atoms with van der Waals surface area (Å²) in [4.78, 5) is 0. The summed E-state index contributed by atoms with van der Waals surface area (Å²) >= 11 is 14.3. The van der Waals surface area contributed by atoms with Gasteiger partial charge in [-0.2, -0.15) is 0 Å². The van der Waals surface area contributed by atoms with Gasteiger partial charge < -0.3 is 0 Å². The van der Waals surface area contributed by atoms with Crippen LogP contribution in [0.1, 0.15) is 21.6 Å². The fourth-order valence-corrected chi connectivity index (χ4v) is 3.96. The van der Waals surface area contributed by atoms with E-state index in [4.69, 9.17) is 23.2 Å². The number of rotatable bonds is 6. The van der Waals surface area contributed by atoms with E-state index < -0.39 is 0 Å². The maximum absolute atomic E-state index is 6.29. The van der Waals surface area contributed by atoms with Gasteiger partial charge in [0.2, 0.25) is 0 Å². The third-order valence-corrected chi connectivity index (χ3v) is 5.31. The number of halogens is 2. The fourth-order valence-electron chi connectivity index (χ4n) is 2.08. The minimum Gasteiger partial charge on any atom is -0.137 e. The summed E-state index contributed by atoms with van der Waals surface area (Å²) in [5.74, 6) is 0. The van der Waals surface area contributed by atoms with Crippen LogP contribution < -0.4 is 0 Å². The Hall–Kier alpha value is -1.15. The molecular weight excluding hydrogens is 319 g/mol. The summed E-state index contributed by atoms with van der Waals surface area (Å²) in [5, 5.41) is 1.66. The molecule has 0 aliphatic rings. The highest BCUT2D eigenvalue weighted by Gasteiger charge is 2.19. The third-order valence-electron chi connectivity index (χ3n) is 3.14. The van der Waals surface area contributed by atoms with Crippen molar-refractivity contribution in [2.24, 2.45) is 0 Å². The number of thioether (sulfide) groups is 1. The van der Waals surface area contributed by atoms with Crippen LogP contribution in [-0.2, 0) is 0 Å². The molecule has 0 fully saturated rings. The van der Waals surface area contributed by atoms with Crippen LogP contribution in [-0.4, -0.2) is 0 Å². The summed E-state index contributed by atoms with van der Waals surface area (Å²) < 4.78 is 0. The average molecular weight is 335 g/mol. The zero-order valence-electron chi connectivity index (χ0n) is 11.5. The monoisotopic (exact) mass is 334 g/mol. The molecule has 0 aliphatic heterocycles. The van der Waals surface area contributed by atoms with Crippen LogP contribution in [0.2, 0.25) is 10.0 Å². The van der Waals surface area contributed by atoms with Crippen molar-refractivity contribution in [2.75, 3.05) is 0 Å². The molecule has 0 radical (unpaired) electrons. The fraction of sp³-hybridized carbons (Fsp3) is 0.111. The van der Waals surface area contributed by atoms with Crippen molar-refractivity contribution in [3.63, 3.8) is 0 Å². The Bertz CT molecular complexity index is 581. The van der Waals surface area contributed by atoms with Gasteiger partial charge in [0.1, 0.15) is 0 Å². The van der Waals surface area contributed by atoms with Crippen LogP contribution in [0.5, 0.6) is 0 Å². The van der Waals surface area contributed by atoms with Crippen molar-refractivity contribution < 1.29 is 0 Å². The molecule has 0 aromatic heterocycles. The second-order valence-electron chi connectivity index (χ2n) is 4.49. The minimum absolute atomic E-state index is 0.0815. The van der Waals surface area contributed by atoms with Crippen LogP contribution in [0.3, 0.4) is 0 Å². The van der Waals surface area contributed by atoms with Crippen LogP contribution >= 0.6 is 35.0 Å². The zero-order chi connectivity index (χ0) is 15.2. The molecule has 0 bridgehead atoms. The van der Waals surface area contributed by atoms with Gasteiger partial charge in [0, 0.05) is 20.5 Å². The molecule has 3 heteroatoms. The lowest BCUT2D eigenvalue weighted by atomic mass is 10.1. The van der Waals surface area contributed by atoms with E-state index in [2.05, 4.69) is 13.2 Å². The van der Waals surface area contributed by atoms with Crippen LogP contribution in [0, 0.1) is 0 Å². The summed E-state index contributed by atoms with van der Waals surface area (Å²) in [6.45, 7) is 7.87. The van der Waals surface area contributed by atoms with Crippen LogP contribution in [0.4, 0.5) is 0 Å². The maximum atomic E-state index is 6.29. The van der Waals surface area contributed by atoms with E-state index >= 15 is 0 Å². The summed E-state index contributed by atoms with van der Waals surface area (Å²) in [7, 11) is 0. The molecule has 0 saturated heterocycles. The Morgan fingerprint density at radius 2 is 1.14 bits per heavy atom. The minimum atomic E-state index is 0.0815. The van der Waals surface area contributed by atoms with Crippen molar-refractivity contribution in [2.45, 2.75) is 10.5 Å². The predicted octanol–water partition coefficient (Wildman–Crippen LogP) is 6.88. The van der Waals surface area contributed by atoms with E-state index in [9.17, 15) is 0 Å². The van der Waals surface area contributed by atoms with E-state index in [-0.39, 0.29) is 10.5 Å². The van der Waals surface area contributed by atoms with Crippen molar-refractivity contribution in [1.82, 2.24) is 0 Å². The highest BCUT2D eigenvalue weighted by Crippen LogP contribution is 2.45. The number of benzene rings is 2. The third kappa shape index (κ3) is 3.94. The second kappa shape index (κ2) is 7.74. The van der Waals surface area contributed by atoms with E-state index in [1.54, 1.807) is 11.8 Å². The van der Waals surface area contributed by atoms with Gasteiger partial charge in [-0.05, 0) is 23.3 Å². The summed E-state index contributed by atoms with van der Waals surface area (Å²) in [6, 6.07) is 15.7. The first-order valence-corrected chi connectivity index (χ1v) is 8.26. The molecule has 2 rings (SSSR count). The summed E-state index contributed by atoms with van der Waals surface area (Å²) in [6.07, 6.45) is 3.80. The highest BCUT2D eigenvalue weighted by atomic mass is 35.5. The quantitative estimate of drug-likeness (QED) is 0.518. The van der Waals surface area contributed by atoms with Crippen molar-refractivity contribution in [3.8, 4) is 0 Å². The van der Waals surface area contributed by atoms with Gasteiger partial charge in [0.25, 0.3) is 0 Å². The van der Waals surface area contributed by atoms with Crippen LogP contribution in [0.15, 0.2) is 73.8 Å². The smallest absolute Gasteiger partial charge is 0.0498 e. The van der Waals surface area contributed by atoms with E-state index in [1.807, 2.05) is 60.7 Å². The van der Waals surface area contributed by atoms with E-state index in [0.717, 1.165) is 21.2 Å². The SMILES string of the molecule is C=C[C@H](S[C@H](C=C)c1ccccc1Cl)c1ccccc1Cl. The molecule has 21 heavy (non-hydrogen) atoms. The summed E-state index contributed by atoms with van der Waals surface area (Å²) in [5.41, 5.74) is 2.11.